The molecule has 0 unspecified atom stereocenters. The molecule has 0 aliphatic rings. The minimum atomic E-state index is 0.704. The van der Waals surface area contributed by atoms with Crippen molar-refractivity contribution in [2.24, 2.45) is 0 Å². The molecule has 0 aliphatic carbocycles. The van der Waals surface area contributed by atoms with Gasteiger partial charge in [0.25, 0.3) is 0 Å². The van der Waals surface area contributed by atoms with Gasteiger partial charge < -0.3 is 10.2 Å². The normalized spacial score (nSPS) is 11.0. The predicted molar refractivity (Wildman–Crippen MR) is 97.0 cm³/mol. The molecule has 2 aromatic rings. The summed E-state index contributed by atoms with van der Waals surface area (Å²) in [5.74, 6) is 0. The fraction of sp³-hybridized carbons (Fsp3) is 0.263. The number of rotatable bonds is 6. The first-order valence-electron chi connectivity index (χ1n) is 7.44. The summed E-state index contributed by atoms with van der Waals surface area (Å²) in [6, 6.07) is 12.0. The second-order valence-electron chi connectivity index (χ2n) is 5.80. The van der Waals surface area contributed by atoms with E-state index in [0.29, 0.717) is 5.02 Å². The molecule has 0 saturated heterocycles. The van der Waals surface area contributed by atoms with Crippen LogP contribution in [0.4, 0.5) is 11.4 Å². The molecule has 1 N–H and O–H groups in total. The van der Waals surface area contributed by atoms with Gasteiger partial charge in [0.15, 0.2) is 0 Å². The van der Waals surface area contributed by atoms with Crippen molar-refractivity contribution in [3.8, 4) is 0 Å². The zero-order valence-electron chi connectivity index (χ0n) is 13.3. The predicted octanol–water partition coefficient (Wildman–Crippen LogP) is 4.94. The van der Waals surface area contributed by atoms with Crippen molar-refractivity contribution in [2.45, 2.75) is 12.8 Å². The van der Waals surface area contributed by atoms with E-state index in [1.807, 2.05) is 30.3 Å². The van der Waals surface area contributed by atoms with Crippen LogP contribution in [0.3, 0.4) is 0 Å². The highest BCUT2D eigenvalue weighted by molar-refractivity contribution is 6.33. The Kier molecular flexibility index (Phi) is 5.87. The molecule has 0 bridgehead atoms. The van der Waals surface area contributed by atoms with Crippen molar-refractivity contribution in [2.75, 3.05) is 26.0 Å². The van der Waals surface area contributed by atoms with Gasteiger partial charge in [0.05, 0.1) is 10.7 Å². The standard InChI is InChI=1S/C19H23ClN2/c1-14-8-5-6-10-18(14)21-19-15(2)12-16(13-17(19)20)9-7-11-22(3)4/h5-6,8,10,12-13,21H,1-2,7,9,11H2,3-4H3. The first kappa shape index (κ1) is 16.9. The lowest BCUT2D eigenvalue weighted by atomic mass is 10.0. The van der Waals surface area contributed by atoms with E-state index < -0.39 is 0 Å². The lowest BCUT2D eigenvalue weighted by molar-refractivity contribution is 0.400. The van der Waals surface area contributed by atoms with Crippen molar-refractivity contribution < 1.29 is 0 Å². The highest BCUT2D eigenvalue weighted by atomic mass is 35.5. The molecule has 0 fully saturated rings. The van der Waals surface area contributed by atoms with Gasteiger partial charge in [-0.1, -0.05) is 35.9 Å². The third-order valence-electron chi connectivity index (χ3n) is 3.58. The topological polar surface area (TPSA) is 15.3 Å². The molecule has 2 nitrogen and oxygen atoms in total. The van der Waals surface area contributed by atoms with Crippen LogP contribution in [0.2, 0.25) is 5.02 Å². The van der Waals surface area contributed by atoms with Gasteiger partial charge in [0.2, 0.25) is 0 Å². The van der Waals surface area contributed by atoms with E-state index in [2.05, 4.69) is 44.2 Å². The summed E-state index contributed by atoms with van der Waals surface area (Å²) < 4.78 is 0. The third-order valence-corrected chi connectivity index (χ3v) is 3.88. The van der Waals surface area contributed by atoms with Gasteiger partial charge in [-0.05, 0) is 76.2 Å². The van der Waals surface area contributed by atoms with Crippen molar-refractivity contribution >= 4 is 23.0 Å². The number of aryl methyl sites for hydroxylation is 1. The molecule has 2 rings (SSSR count). The van der Waals surface area contributed by atoms with Crippen LogP contribution in [-0.2, 0) is 6.42 Å². The van der Waals surface area contributed by atoms with E-state index in [-0.39, 0.29) is 0 Å². The average Bonchev–Trinajstić information content (AvgIpc) is 2.44. The van der Waals surface area contributed by atoms with Crippen molar-refractivity contribution in [1.82, 2.24) is 4.90 Å². The molecule has 0 heterocycles. The molecule has 0 amide bonds. The lowest BCUT2D eigenvalue weighted by Crippen LogP contribution is -2.13. The molecule has 0 spiro atoms. The van der Waals surface area contributed by atoms with E-state index in [1.165, 1.54) is 5.56 Å². The van der Waals surface area contributed by atoms with Crippen LogP contribution in [0.15, 0.2) is 36.4 Å². The molecule has 0 aliphatic heterocycles. The Morgan fingerprint density at radius 2 is 1.82 bits per heavy atom. The Bertz CT molecular complexity index is 612. The zero-order chi connectivity index (χ0) is 16.1. The SMILES string of the molecule is [CH2]c1ccccc1Nc1c([CH2])cc(CCCN(C)C)cc1Cl. The first-order chi connectivity index (χ1) is 10.5. The second-order valence-corrected chi connectivity index (χ2v) is 6.21. The summed E-state index contributed by atoms with van der Waals surface area (Å²) in [6.07, 6.45) is 2.11. The number of hydrogen-bond acceptors (Lipinski definition) is 2. The molecule has 116 valence electrons. The maximum Gasteiger partial charge on any atom is 0.0646 e. The van der Waals surface area contributed by atoms with Crippen LogP contribution in [0.1, 0.15) is 23.1 Å². The quantitative estimate of drug-likeness (QED) is 0.812. The fourth-order valence-corrected chi connectivity index (χ4v) is 2.70. The fourth-order valence-electron chi connectivity index (χ4n) is 2.39. The van der Waals surface area contributed by atoms with E-state index in [0.717, 1.165) is 41.9 Å². The minimum absolute atomic E-state index is 0.704. The van der Waals surface area contributed by atoms with E-state index in [1.54, 1.807) is 0 Å². The lowest BCUT2D eigenvalue weighted by Gasteiger charge is -2.15. The molecule has 22 heavy (non-hydrogen) atoms. The Morgan fingerprint density at radius 3 is 2.45 bits per heavy atom. The van der Waals surface area contributed by atoms with Gasteiger partial charge >= 0.3 is 0 Å². The minimum Gasteiger partial charge on any atom is -0.354 e. The molecule has 0 aromatic heterocycles. The highest BCUT2D eigenvalue weighted by Gasteiger charge is 2.08. The summed E-state index contributed by atoms with van der Waals surface area (Å²) in [7, 11) is 4.17. The second kappa shape index (κ2) is 7.66. The Hall–Kier alpha value is -1.51. The van der Waals surface area contributed by atoms with Crippen LogP contribution < -0.4 is 5.32 Å². The molecule has 2 radical (unpaired) electrons. The summed E-state index contributed by atoms with van der Waals surface area (Å²) in [6.45, 7) is 9.22. The number of benzene rings is 2. The Labute approximate surface area is 139 Å². The van der Waals surface area contributed by atoms with Crippen molar-refractivity contribution in [3.05, 3.63) is 72.0 Å². The zero-order valence-corrected chi connectivity index (χ0v) is 14.1. The Morgan fingerprint density at radius 1 is 1.09 bits per heavy atom. The van der Waals surface area contributed by atoms with Gasteiger partial charge in [-0.2, -0.15) is 0 Å². The van der Waals surface area contributed by atoms with Gasteiger partial charge in [0.1, 0.15) is 0 Å². The number of hydrogen-bond donors (Lipinski definition) is 1. The monoisotopic (exact) mass is 314 g/mol. The van der Waals surface area contributed by atoms with Gasteiger partial charge in [-0.25, -0.2) is 0 Å². The largest absolute Gasteiger partial charge is 0.354 e. The van der Waals surface area contributed by atoms with Crippen LogP contribution in [0.5, 0.6) is 0 Å². The van der Waals surface area contributed by atoms with Gasteiger partial charge in [0, 0.05) is 5.69 Å². The summed E-state index contributed by atoms with van der Waals surface area (Å²) >= 11 is 6.45. The van der Waals surface area contributed by atoms with Crippen LogP contribution in [0.25, 0.3) is 0 Å². The van der Waals surface area contributed by atoms with E-state index in [4.69, 9.17) is 11.6 Å². The number of nitrogens with one attached hydrogen (secondary N) is 1. The number of anilines is 2. The van der Waals surface area contributed by atoms with Gasteiger partial charge in [-0.3, -0.25) is 0 Å². The smallest absolute Gasteiger partial charge is 0.0646 e. The average molecular weight is 315 g/mol. The van der Waals surface area contributed by atoms with Crippen LogP contribution >= 0.6 is 11.6 Å². The van der Waals surface area contributed by atoms with Crippen LogP contribution in [0, 0.1) is 13.8 Å². The molecule has 3 heteroatoms. The maximum atomic E-state index is 6.45. The number of nitrogens with zero attached hydrogens (tertiary/aromatic N) is 1. The Balaban J connectivity index is 2.15. The number of para-hydroxylation sites is 1. The summed E-state index contributed by atoms with van der Waals surface area (Å²) in [4.78, 5) is 2.19. The molecular formula is C19H23ClN2. The van der Waals surface area contributed by atoms with E-state index in [9.17, 15) is 0 Å². The number of halogens is 1. The molecular weight excluding hydrogens is 292 g/mol. The third kappa shape index (κ3) is 4.49. The van der Waals surface area contributed by atoms with Crippen LogP contribution in [-0.4, -0.2) is 25.5 Å². The first-order valence-corrected chi connectivity index (χ1v) is 7.82. The van der Waals surface area contributed by atoms with Gasteiger partial charge in [-0.15, -0.1) is 0 Å². The molecule has 2 aromatic carbocycles. The molecule has 0 saturated carbocycles. The van der Waals surface area contributed by atoms with Crippen molar-refractivity contribution in [3.63, 3.8) is 0 Å². The summed E-state index contributed by atoms with van der Waals surface area (Å²) in [5.41, 5.74) is 4.89. The molecule has 0 atom stereocenters. The van der Waals surface area contributed by atoms with E-state index >= 15 is 0 Å². The maximum absolute atomic E-state index is 6.45. The van der Waals surface area contributed by atoms with Crippen molar-refractivity contribution in [1.29, 1.82) is 0 Å². The highest BCUT2D eigenvalue weighted by Crippen LogP contribution is 2.31. The summed E-state index contributed by atoms with van der Waals surface area (Å²) in [5, 5.41) is 4.05.